The van der Waals surface area contributed by atoms with E-state index in [4.69, 9.17) is 15.4 Å². The number of oxime groups is 1. The van der Waals surface area contributed by atoms with Crippen molar-refractivity contribution >= 4 is 17.6 Å². The van der Waals surface area contributed by atoms with E-state index in [1.807, 2.05) is 6.92 Å². The SMILES string of the molecule is Cc1ccc(/C(N)=N/O)c(Sc2ncco2)n1. The molecule has 0 saturated heterocycles. The fourth-order valence-corrected chi connectivity index (χ4v) is 2.06. The van der Waals surface area contributed by atoms with Gasteiger partial charge in [0.05, 0.1) is 11.8 Å². The Morgan fingerprint density at radius 1 is 1.53 bits per heavy atom. The molecular weight excluding hydrogens is 240 g/mol. The van der Waals surface area contributed by atoms with Crippen molar-refractivity contribution < 1.29 is 9.62 Å². The summed E-state index contributed by atoms with van der Waals surface area (Å²) in [4.78, 5) is 8.29. The molecular formula is C10H10N4O2S. The first-order chi connectivity index (χ1) is 8.20. The van der Waals surface area contributed by atoms with Crippen LogP contribution < -0.4 is 5.73 Å². The number of nitrogens with two attached hydrogens (primary N) is 1. The maximum absolute atomic E-state index is 8.69. The number of aryl methyl sites for hydroxylation is 1. The van der Waals surface area contributed by atoms with Crippen molar-refractivity contribution in [2.24, 2.45) is 10.9 Å². The monoisotopic (exact) mass is 250 g/mol. The van der Waals surface area contributed by atoms with Crippen LogP contribution in [0.15, 0.2) is 44.4 Å². The summed E-state index contributed by atoms with van der Waals surface area (Å²) < 4.78 is 5.11. The van der Waals surface area contributed by atoms with Crippen LogP contribution >= 0.6 is 11.8 Å². The van der Waals surface area contributed by atoms with Gasteiger partial charge in [0.1, 0.15) is 11.3 Å². The van der Waals surface area contributed by atoms with Crippen molar-refractivity contribution in [1.82, 2.24) is 9.97 Å². The number of nitrogens with zero attached hydrogens (tertiary/aromatic N) is 3. The molecule has 3 N–H and O–H groups in total. The molecule has 0 radical (unpaired) electrons. The maximum atomic E-state index is 8.69. The highest BCUT2D eigenvalue weighted by Gasteiger charge is 2.12. The third kappa shape index (κ3) is 2.56. The summed E-state index contributed by atoms with van der Waals surface area (Å²) in [5, 5.41) is 12.7. The van der Waals surface area contributed by atoms with Gasteiger partial charge in [-0.15, -0.1) is 0 Å². The lowest BCUT2D eigenvalue weighted by Crippen LogP contribution is -2.15. The van der Waals surface area contributed by atoms with E-state index in [9.17, 15) is 0 Å². The number of hydrogen-bond donors (Lipinski definition) is 2. The second-order valence-corrected chi connectivity index (χ2v) is 4.13. The van der Waals surface area contributed by atoms with Gasteiger partial charge in [-0.1, -0.05) is 5.16 Å². The molecule has 0 amide bonds. The van der Waals surface area contributed by atoms with Gasteiger partial charge in [-0.05, 0) is 30.8 Å². The molecule has 0 atom stereocenters. The quantitative estimate of drug-likeness (QED) is 0.372. The zero-order chi connectivity index (χ0) is 12.3. The lowest BCUT2D eigenvalue weighted by Gasteiger charge is -2.05. The zero-order valence-electron chi connectivity index (χ0n) is 8.99. The standard InChI is InChI=1S/C10H10N4O2S/c1-6-2-3-7(8(11)14-15)9(13-6)17-10-12-4-5-16-10/h2-5,15H,1H3,(H2,11,14). The maximum Gasteiger partial charge on any atom is 0.261 e. The Balaban J connectivity index is 2.40. The average Bonchev–Trinajstić information content (AvgIpc) is 2.81. The van der Waals surface area contributed by atoms with E-state index < -0.39 is 0 Å². The number of pyridine rings is 1. The van der Waals surface area contributed by atoms with Gasteiger partial charge in [0, 0.05) is 5.69 Å². The van der Waals surface area contributed by atoms with Crippen molar-refractivity contribution in [3.05, 3.63) is 35.9 Å². The summed E-state index contributed by atoms with van der Waals surface area (Å²) in [7, 11) is 0. The highest BCUT2D eigenvalue weighted by atomic mass is 32.2. The number of amidine groups is 1. The molecule has 0 spiro atoms. The minimum absolute atomic E-state index is 0.00607. The van der Waals surface area contributed by atoms with Crippen LogP contribution in [0, 0.1) is 6.92 Å². The van der Waals surface area contributed by atoms with Gasteiger partial charge in [0.15, 0.2) is 5.84 Å². The Morgan fingerprint density at radius 3 is 3.00 bits per heavy atom. The fourth-order valence-electron chi connectivity index (χ4n) is 1.20. The summed E-state index contributed by atoms with van der Waals surface area (Å²) in [6.07, 6.45) is 3.02. The molecule has 0 aliphatic rings. The molecule has 2 heterocycles. The van der Waals surface area contributed by atoms with Crippen molar-refractivity contribution in [2.45, 2.75) is 17.2 Å². The van der Waals surface area contributed by atoms with Gasteiger partial charge in [-0.25, -0.2) is 9.97 Å². The molecule has 0 aliphatic heterocycles. The van der Waals surface area contributed by atoms with Crippen LogP contribution in [0.1, 0.15) is 11.3 Å². The van der Waals surface area contributed by atoms with Crippen LogP contribution in [0.2, 0.25) is 0 Å². The summed E-state index contributed by atoms with van der Waals surface area (Å²) >= 11 is 1.22. The summed E-state index contributed by atoms with van der Waals surface area (Å²) in [5.74, 6) is 0.00607. The van der Waals surface area contributed by atoms with Crippen LogP contribution in [-0.2, 0) is 0 Å². The highest BCUT2D eigenvalue weighted by Crippen LogP contribution is 2.27. The summed E-state index contributed by atoms with van der Waals surface area (Å²) in [6.45, 7) is 1.86. The Bertz CT molecular complexity index is 539. The minimum atomic E-state index is 0.00607. The first-order valence-electron chi connectivity index (χ1n) is 4.73. The van der Waals surface area contributed by atoms with Gasteiger partial charge < -0.3 is 15.4 Å². The Morgan fingerprint density at radius 2 is 2.35 bits per heavy atom. The number of oxazole rings is 1. The summed E-state index contributed by atoms with van der Waals surface area (Å²) in [6, 6.07) is 3.52. The Kier molecular flexibility index (Phi) is 3.29. The van der Waals surface area contributed by atoms with Gasteiger partial charge in [-0.3, -0.25) is 0 Å². The third-order valence-electron chi connectivity index (χ3n) is 1.98. The second kappa shape index (κ2) is 4.88. The van der Waals surface area contributed by atoms with Gasteiger partial charge in [-0.2, -0.15) is 0 Å². The number of rotatable bonds is 3. The largest absolute Gasteiger partial charge is 0.440 e. The number of aromatic nitrogens is 2. The van der Waals surface area contributed by atoms with E-state index in [0.717, 1.165) is 5.69 Å². The van der Waals surface area contributed by atoms with Crippen LogP contribution in [0.4, 0.5) is 0 Å². The molecule has 2 rings (SSSR count). The molecule has 2 aromatic heterocycles. The Hall–Kier alpha value is -2.02. The third-order valence-corrected chi connectivity index (χ3v) is 2.86. The van der Waals surface area contributed by atoms with Crippen molar-refractivity contribution in [3.8, 4) is 0 Å². The van der Waals surface area contributed by atoms with Crippen LogP contribution in [0.3, 0.4) is 0 Å². The average molecular weight is 250 g/mol. The molecule has 17 heavy (non-hydrogen) atoms. The molecule has 0 saturated carbocycles. The molecule has 2 aromatic rings. The van der Waals surface area contributed by atoms with Gasteiger partial charge >= 0.3 is 0 Å². The van der Waals surface area contributed by atoms with Crippen molar-refractivity contribution in [1.29, 1.82) is 0 Å². The molecule has 88 valence electrons. The Labute approximate surface area is 102 Å². The van der Waals surface area contributed by atoms with Gasteiger partial charge in [0.25, 0.3) is 5.22 Å². The normalized spacial score (nSPS) is 11.7. The van der Waals surface area contributed by atoms with Crippen molar-refractivity contribution in [3.63, 3.8) is 0 Å². The first kappa shape index (κ1) is 11.5. The van der Waals surface area contributed by atoms with Crippen LogP contribution in [0.5, 0.6) is 0 Å². The van der Waals surface area contributed by atoms with Crippen LogP contribution in [0.25, 0.3) is 0 Å². The molecule has 7 heteroatoms. The van der Waals surface area contributed by atoms with E-state index in [1.54, 1.807) is 18.3 Å². The topological polar surface area (TPSA) is 97.5 Å². The molecule has 0 aliphatic carbocycles. The lowest BCUT2D eigenvalue weighted by atomic mass is 10.2. The molecule has 0 aromatic carbocycles. The van der Waals surface area contributed by atoms with Gasteiger partial charge in [0.2, 0.25) is 0 Å². The predicted molar refractivity (Wildman–Crippen MR) is 62.1 cm³/mol. The molecule has 0 unspecified atom stereocenters. The van der Waals surface area contributed by atoms with E-state index in [1.165, 1.54) is 18.0 Å². The zero-order valence-corrected chi connectivity index (χ0v) is 9.81. The van der Waals surface area contributed by atoms with E-state index in [0.29, 0.717) is 15.8 Å². The van der Waals surface area contributed by atoms with E-state index in [-0.39, 0.29) is 5.84 Å². The summed E-state index contributed by atoms with van der Waals surface area (Å²) in [5.41, 5.74) is 6.94. The fraction of sp³-hybridized carbons (Fsp3) is 0.100. The van der Waals surface area contributed by atoms with E-state index in [2.05, 4.69) is 15.1 Å². The smallest absolute Gasteiger partial charge is 0.261 e. The highest BCUT2D eigenvalue weighted by molar-refractivity contribution is 7.99. The minimum Gasteiger partial charge on any atom is -0.440 e. The predicted octanol–water partition coefficient (Wildman–Crippen LogP) is 1.62. The molecule has 0 fully saturated rings. The van der Waals surface area contributed by atoms with Crippen molar-refractivity contribution in [2.75, 3.05) is 0 Å². The lowest BCUT2D eigenvalue weighted by molar-refractivity contribution is 0.318. The molecule has 0 bridgehead atoms. The van der Waals surface area contributed by atoms with Crippen LogP contribution in [-0.4, -0.2) is 21.0 Å². The second-order valence-electron chi connectivity index (χ2n) is 3.19. The van der Waals surface area contributed by atoms with E-state index >= 15 is 0 Å². The number of hydrogen-bond acceptors (Lipinski definition) is 6. The molecule has 6 nitrogen and oxygen atoms in total. The first-order valence-corrected chi connectivity index (χ1v) is 5.55.